The maximum atomic E-state index is 13.3. The van der Waals surface area contributed by atoms with Gasteiger partial charge in [0.15, 0.2) is 0 Å². The van der Waals surface area contributed by atoms with Crippen molar-refractivity contribution >= 4 is 15.9 Å². The van der Waals surface area contributed by atoms with Gasteiger partial charge in [0.1, 0.15) is 6.04 Å². The van der Waals surface area contributed by atoms with E-state index in [1.807, 2.05) is 38.1 Å². The minimum atomic E-state index is -3.96. The second-order valence-electron chi connectivity index (χ2n) is 7.01. The zero-order valence-corrected chi connectivity index (χ0v) is 16.8. The summed E-state index contributed by atoms with van der Waals surface area (Å²) in [7, 11) is -3.96. The molecule has 0 bridgehead atoms. The molecular formula is C20H26N2O4S. The van der Waals surface area contributed by atoms with E-state index in [-0.39, 0.29) is 17.4 Å². The molecule has 0 spiro atoms. The molecule has 27 heavy (non-hydrogen) atoms. The Kier molecular flexibility index (Phi) is 6.75. The highest BCUT2D eigenvalue weighted by atomic mass is 32.2. The van der Waals surface area contributed by atoms with Crippen molar-refractivity contribution in [1.82, 2.24) is 9.79 Å². The Labute approximate surface area is 160 Å². The Hall–Kier alpha value is -2.22. The molecule has 0 fully saturated rings. The van der Waals surface area contributed by atoms with Crippen LogP contribution in [0.1, 0.15) is 30.5 Å². The maximum absolute atomic E-state index is 13.3. The number of amides is 1. The summed E-state index contributed by atoms with van der Waals surface area (Å²) in [4.78, 5) is 12.4. The van der Waals surface area contributed by atoms with Crippen LogP contribution in [0.4, 0.5) is 0 Å². The van der Waals surface area contributed by atoms with Crippen LogP contribution in [-0.4, -0.2) is 29.9 Å². The number of hydrogen-bond donors (Lipinski definition) is 2. The van der Waals surface area contributed by atoms with Gasteiger partial charge in [0.25, 0.3) is 5.91 Å². The van der Waals surface area contributed by atoms with Crippen LogP contribution >= 0.6 is 0 Å². The molecule has 0 aliphatic rings. The van der Waals surface area contributed by atoms with E-state index in [0.717, 1.165) is 21.0 Å². The van der Waals surface area contributed by atoms with Crippen molar-refractivity contribution in [2.75, 3.05) is 0 Å². The van der Waals surface area contributed by atoms with Gasteiger partial charge in [0, 0.05) is 6.54 Å². The van der Waals surface area contributed by atoms with Gasteiger partial charge < -0.3 is 0 Å². The fraction of sp³-hybridized carbons (Fsp3) is 0.350. The van der Waals surface area contributed by atoms with E-state index < -0.39 is 22.0 Å². The molecule has 1 amide bonds. The summed E-state index contributed by atoms with van der Waals surface area (Å²) in [5.74, 6) is -1.10. The van der Waals surface area contributed by atoms with Crippen molar-refractivity contribution in [2.24, 2.45) is 5.92 Å². The van der Waals surface area contributed by atoms with Crippen molar-refractivity contribution in [1.29, 1.82) is 0 Å². The SMILES string of the molecule is Cc1ccc(CN([C@H](C(=O)NO)C(C)C)S(=O)(=O)c2ccc(C)cc2)cc1. The summed E-state index contributed by atoms with van der Waals surface area (Å²) in [5.41, 5.74) is 4.36. The first kappa shape index (κ1) is 21.1. The second-order valence-corrected chi connectivity index (χ2v) is 8.90. The molecule has 146 valence electrons. The lowest BCUT2D eigenvalue weighted by Gasteiger charge is -2.32. The largest absolute Gasteiger partial charge is 0.289 e. The lowest BCUT2D eigenvalue weighted by molar-refractivity contribution is -0.134. The number of hydroxylamine groups is 1. The second kappa shape index (κ2) is 8.65. The third-order valence-electron chi connectivity index (χ3n) is 4.41. The monoisotopic (exact) mass is 390 g/mol. The van der Waals surface area contributed by atoms with Gasteiger partial charge in [-0.3, -0.25) is 10.0 Å². The van der Waals surface area contributed by atoms with Crippen LogP contribution in [0.3, 0.4) is 0 Å². The van der Waals surface area contributed by atoms with Gasteiger partial charge in [0.05, 0.1) is 4.90 Å². The van der Waals surface area contributed by atoms with E-state index in [9.17, 15) is 13.2 Å². The van der Waals surface area contributed by atoms with Gasteiger partial charge in [0.2, 0.25) is 10.0 Å². The Bertz CT molecular complexity index is 875. The first-order valence-electron chi connectivity index (χ1n) is 8.75. The van der Waals surface area contributed by atoms with Gasteiger partial charge in [-0.25, -0.2) is 13.9 Å². The number of nitrogens with zero attached hydrogens (tertiary/aromatic N) is 1. The minimum Gasteiger partial charge on any atom is -0.289 e. The normalized spacial score (nSPS) is 13.0. The molecule has 0 saturated heterocycles. The predicted molar refractivity (Wildman–Crippen MR) is 104 cm³/mol. The van der Waals surface area contributed by atoms with Crippen molar-refractivity contribution in [2.45, 2.75) is 45.2 Å². The quantitative estimate of drug-likeness (QED) is 0.562. The summed E-state index contributed by atoms with van der Waals surface area (Å²) in [5, 5.41) is 9.16. The van der Waals surface area contributed by atoms with Crippen LogP contribution in [0.25, 0.3) is 0 Å². The van der Waals surface area contributed by atoms with Crippen molar-refractivity contribution < 1.29 is 18.4 Å². The number of nitrogens with one attached hydrogen (secondary N) is 1. The molecule has 2 aromatic carbocycles. The van der Waals surface area contributed by atoms with Gasteiger partial charge in [-0.2, -0.15) is 4.31 Å². The van der Waals surface area contributed by atoms with Crippen LogP contribution in [-0.2, 0) is 21.4 Å². The zero-order chi connectivity index (χ0) is 20.2. The Morgan fingerprint density at radius 2 is 1.48 bits per heavy atom. The predicted octanol–water partition coefficient (Wildman–Crippen LogP) is 3.02. The van der Waals surface area contributed by atoms with E-state index in [4.69, 9.17) is 5.21 Å². The summed E-state index contributed by atoms with van der Waals surface area (Å²) < 4.78 is 27.8. The highest BCUT2D eigenvalue weighted by Gasteiger charge is 2.37. The summed E-state index contributed by atoms with van der Waals surface area (Å²) in [6, 6.07) is 12.9. The number of rotatable bonds is 7. The van der Waals surface area contributed by atoms with Gasteiger partial charge in [-0.15, -0.1) is 0 Å². The maximum Gasteiger partial charge on any atom is 0.262 e. The molecule has 6 nitrogen and oxygen atoms in total. The number of aryl methyl sites for hydroxylation is 2. The lowest BCUT2D eigenvalue weighted by atomic mass is 10.0. The van der Waals surface area contributed by atoms with E-state index in [1.54, 1.807) is 31.5 Å². The molecule has 0 saturated carbocycles. The smallest absolute Gasteiger partial charge is 0.262 e. The summed E-state index contributed by atoms with van der Waals surface area (Å²) >= 11 is 0. The summed E-state index contributed by atoms with van der Waals surface area (Å²) in [6.45, 7) is 7.32. The standard InChI is InChI=1S/C20H26N2O4S/c1-14(2)19(20(23)21-24)22(13-17-9-5-15(3)6-10-17)27(25,26)18-11-7-16(4)8-12-18/h5-12,14,19,24H,13H2,1-4H3,(H,21,23)/t19-/m0/s1. The molecular weight excluding hydrogens is 364 g/mol. The fourth-order valence-corrected chi connectivity index (χ4v) is 4.59. The Balaban J connectivity index is 2.54. The summed E-state index contributed by atoms with van der Waals surface area (Å²) in [6.07, 6.45) is 0. The molecule has 0 aliphatic carbocycles. The van der Waals surface area contributed by atoms with E-state index in [1.165, 1.54) is 12.1 Å². The first-order valence-corrected chi connectivity index (χ1v) is 10.2. The molecule has 2 N–H and O–H groups in total. The molecule has 7 heteroatoms. The van der Waals surface area contributed by atoms with Crippen LogP contribution in [0, 0.1) is 19.8 Å². The molecule has 2 aromatic rings. The molecule has 2 rings (SSSR count). The highest BCUT2D eigenvalue weighted by Crippen LogP contribution is 2.25. The number of carbonyl (C=O) groups is 1. The van der Waals surface area contributed by atoms with E-state index in [2.05, 4.69) is 0 Å². The first-order chi connectivity index (χ1) is 12.7. The van der Waals surface area contributed by atoms with Gasteiger partial charge >= 0.3 is 0 Å². The third kappa shape index (κ3) is 4.94. The van der Waals surface area contributed by atoms with Crippen LogP contribution < -0.4 is 5.48 Å². The number of sulfonamides is 1. The number of benzene rings is 2. The molecule has 1 atom stereocenters. The van der Waals surface area contributed by atoms with Gasteiger partial charge in [-0.05, 0) is 37.5 Å². The number of hydrogen-bond acceptors (Lipinski definition) is 4. The topological polar surface area (TPSA) is 86.7 Å². The van der Waals surface area contributed by atoms with Crippen LogP contribution in [0.5, 0.6) is 0 Å². The van der Waals surface area contributed by atoms with E-state index >= 15 is 0 Å². The van der Waals surface area contributed by atoms with Crippen molar-refractivity contribution in [3.63, 3.8) is 0 Å². The van der Waals surface area contributed by atoms with Crippen molar-refractivity contribution in [3.05, 3.63) is 65.2 Å². The zero-order valence-electron chi connectivity index (χ0n) is 16.0. The third-order valence-corrected chi connectivity index (χ3v) is 6.25. The van der Waals surface area contributed by atoms with E-state index in [0.29, 0.717) is 0 Å². The average molecular weight is 391 g/mol. The van der Waals surface area contributed by atoms with Crippen molar-refractivity contribution in [3.8, 4) is 0 Å². The van der Waals surface area contributed by atoms with Crippen LogP contribution in [0.2, 0.25) is 0 Å². The molecule has 0 aliphatic heterocycles. The molecule has 0 radical (unpaired) electrons. The average Bonchev–Trinajstić information content (AvgIpc) is 2.62. The van der Waals surface area contributed by atoms with Crippen LogP contribution in [0.15, 0.2) is 53.4 Å². The number of carbonyl (C=O) groups excluding carboxylic acids is 1. The molecule has 0 unspecified atom stereocenters. The lowest BCUT2D eigenvalue weighted by Crippen LogP contribution is -2.51. The Morgan fingerprint density at radius 1 is 1.00 bits per heavy atom. The molecule has 0 heterocycles. The molecule has 0 aromatic heterocycles. The minimum absolute atomic E-state index is 0.0206. The fourth-order valence-electron chi connectivity index (χ4n) is 2.88. The Morgan fingerprint density at radius 3 is 1.93 bits per heavy atom. The van der Waals surface area contributed by atoms with Gasteiger partial charge in [-0.1, -0.05) is 61.4 Å². The highest BCUT2D eigenvalue weighted by molar-refractivity contribution is 7.89.